The van der Waals surface area contributed by atoms with Crippen molar-refractivity contribution in [1.82, 2.24) is 10.6 Å². The van der Waals surface area contributed by atoms with E-state index < -0.39 is 0 Å². The summed E-state index contributed by atoms with van der Waals surface area (Å²) in [5.41, 5.74) is 1.16. The van der Waals surface area contributed by atoms with Crippen LogP contribution in [0.25, 0.3) is 0 Å². The third-order valence-corrected chi connectivity index (χ3v) is 2.34. The molecule has 0 aliphatic rings. The molecular weight excluding hydrogens is 244 g/mol. The van der Waals surface area contributed by atoms with E-state index in [0.717, 1.165) is 10.0 Å². The summed E-state index contributed by atoms with van der Waals surface area (Å²) in [4.78, 5) is 10.9. The fraction of sp³-hybridized carbons (Fsp3) is 0.300. The van der Waals surface area contributed by atoms with Crippen LogP contribution in [0.2, 0.25) is 0 Å². The van der Waals surface area contributed by atoms with Crippen LogP contribution >= 0.6 is 15.9 Å². The number of likely N-dealkylation sites (N-methyl/N-ethyl adjacent to an activating group) is 1. The van der Waals surface area contributed by atoms with E-state index in [1.165, 1.54) is 0 Å². The van der Waals surface area contributed by atoms with Gasteiger partial charge in [-0.2, -0.15) is 0 Å². The molecule has 14 heavy (non-hydrogen) atoms. The summed E-state index contributed by atoms with van der Waals surface area (Å²) in [6.07, 6.45) is 0. The number of hydrogen-bond acceptors (Lipinski definition) is 2. The highest BCUT2D eigenvalue weighted by molar-refractivity contribution is 9.10. The minimum atomic E-state index is 0.00196. The molecule has 1 aromatic carbocycles. The standard InChI is InChI=1S/C10H13BrN2O/c1-12-10(14)7-13-6-8-2-4-9(11)5-3-8/h2-5,13H,6-7H2,1H3,(H,12,14). The van der Waals surface area contributed by atoms with Gasteiger partial charge in [0.15, 0.2) is 0 Å². The molecule has 0 aliphatic heterocycles. The van der Waals surface area contributed by atoms with Gasteiger partial charge in [0, 0.05) is 18.1 Å². The molecule has 1 amide bonds. The Hall–Kier alpha value is -0.870. The van der Waals surface area contributed by atoms with Gasteiger partial charge < -0.3 is 10.6 Å². The summed E-state index contributed by atoms with van der Waals surface area (Å²) in [6.45, 7) is 1.06. The number of carbonyl (C=O) groups is 1. The van der Waals surface area contributed by atoms with Gasteiger partial charge in [0.25, 0.3) is 0 Å². The minimum absolute atomic E-state index is 0.00196. The summed E-state index contributed by atoms with van der Waals surface area (Å²) < 4.78 is 1.06. The van der Waals surface area contributed by atoms with Crippen molar-refractivity contribution in [3.8, 4) is 0 Å². The number of rotatable bonds is 4. The Labute approximate surface area is 92.0 Å². The van der Waals surface area contributed by atoms with Crippen LogP contribution in [0.4, 0.5) is 0 Å². The van der Waals surface area contributed by atoms with E-state index in [1.807, 2.05) is 24.3 Å². The maximum atomic E-state index is 10.9. The van der Waals surface area contributed by atoms with E-state index in [-0.39, 0.29) is 5.91 Å². The van der Waals surface area contributed by atoms with E-state index >= 15 is 0 Å². The molecule has 0 heterocycles. The van der Waals surface area contributed by atoms with Crippen LogP contribution in [0.3, 0.4) is 0 Å². The van der Waals surface area contributed by atoms with Crippen LogP contribution in [0.5, 0.6) is 0 Å². The number of benzene rings is 1. The second-order valence-electron chi connectivity index (χ2n) is 2.90. The lowest BCUT2D eigenvalue weighted by molar-refractivity contribution is -0.119. The van der Waals surface area contributed by atoms with Gasteiger partial charge in [-0.3, -0.25) is 4.79 Å². The molecule has 0 saturated heterocycles. The molecule has 0 aromatic heterocycles. The van der Waals surface area contributed by atoms with Crippen LogP contribution in [-0.4, -0.2) is 19.5 Å². The van der Waals surface area contributed by atoms with E-state index in [2.05, 4.69) is 26.6 Å². The molecule has 76 valence electrons. The second kappa shape index (κ2) is 5.78. The Bertz CT molecular complexity index is 297. The van der Waals surface area contributed by atoms with Gasteiger partial charge in [0.2, 0.25) is 5.91 Å². The molecule has 0 fully saturated rings. The molecule has 1 aromatic rings. The molecule has 0 radical (unpaired) electrons. The zero-order valence-corrected chi connectivity index (χ0v) is 9.60. The molecule has 3 nitrogen and oxygen atoms in total. The zero-order chi connectivity index (χ0) is 10.4. The Morgan fingerprint density at radius 2 is 2.00 bits per heavy atom. The number of amides is 1. The van der Waals surface area contributed by atoms with Crippen molar-refractivity contribution in [2.24, 2.45) is 0 Å². The highest BCUT2D eigenvalue weighted by atomic mass is 79.9. The van der Waals surface area contributed by atoms with Crippen LogP contribution in [-0.2, 0) is 11.3 Å². The summed E-state index contributed by atoms with van der Waals surface area (Å²) in [6, 6.07) is 8.00. The fourth-order valence-corrected chi connectivity index (χ4v) is 1.28. The van der Waals surface area contributed by atoms with Crippen LogP contribution in [0, 0.1) is 0 Å². The monoisotopic (exact) mass is 256 g/mol. The molecule has 0 spiro atoms. The zero-order valence-electron chi connectivity index (χ0n) is 8.01. The number of carbonyl (C=O) groups excluding carboxylic acids is 1. The SMILES string of the molecule is CNC(=O)CNCc1ccc(Br)cc1. The van der Waals surface area contributed by atoms with Gasteiger partial charge in [0.1, 0.15) is 0 Å². The van der Waals surface area contributed by atoms with Gasteiger partial charge in [-0.15, -0.1) is 0 Å². The summed E-state index contributed by atoms with van der Waals surface area (Å²) >= 11 is 3.36. The normalized spacial score (nSPS) is 9.86. The smallest absolute Gasteiger partial charge is 0.233 e. The Kier molecular flexibility index (Phi) is 4.62. The Morgan fingerprint density at radius 3 is 2.57 bits per heavy atom. The first-order chi connectivity index (χ1) is 6.72. The molecule has 4 heteroatoms. The van der Waals surface area contributed by atoms with Gasteiger partial charge in [-0.25, -0.2) is 0 Å². The third kappa shape index (κ3) is 3.89. The van der Waals surface area contributed by atoms with Crippen molar-refractivity contribution in [3.63, 3.8) is 0 Å². The summed E-state index contributed by atoms with van der Waals surface area (Å²) in [7, 11) is 1.63. The lowest BCUT2D eigenvalue weighted by atomic mass is 10.2. The Morgan fingerprint density at radius 1 is 1.36 bits per heavy atom. The molecule has 0 atom stereocenters. The van der Waals surface area contributed by atoms with Gasteiger partial charge in [-0.1, -0.05) is 28.1 Å². The number of halogens is 1. The molecule has 0 bridgehead atoms. The highest BCUT2D eigenvalue weighted by Gasteiger charge is 1.96. The van der Waals surface area contributed by atoms with E-state index in [0.29, 0.717) is 13.1 Å². The van der Waals surface area contributed by atoms with Crippen LogP contribution in [0.15, 0.2) is 28.7 Å². The molecular formula is C10H13BrN2O. The molecule has 2 N–H and O–H groups in total. The lowest BCUT2D eigenvalue weighted by Gasteiger charge is -2.03. The number of nitrogens with one attached hydrogen (secondary N) is 2. The predicted molar refractivity (Wildman–Crippen MR) is 59.9 cm³/mol. The van der Waals surface area contributed by atoms with Crippen LogP contribution in [0.1, 0.15) is 5.56 Å². The first-order valence-corrected chi connectivity index (χ1v) is 5.17. The highest BCUT2D eigenvalue weighted by Crippen LogP contribution is 2.09. The van der Waals surface area contributed by atoms with Crippen molar-refractivity contribution in [2.75, 3.05) is 13.6 Å². The van der Waals surface area contributed by atoms with Crippen molar-refractivity contribution in [2.45, 2.75) is 6.54 Å². The van der Waals surface area contributed by atoms with E-state index in [1.54, 1.807) is 7.05 Å². The fourth-order valence-electron chi connectivity index (χ4n) is 1.01. The topological polar surface area (TPSA) is 41.1 Å². The average molecular weight is 257 g/mol. The molecule has 0 aliphatic carbocycles. The predicted octanol–water partition coefficient (Wildman–Crippen LogP) is 1.28. The average Bonchev–Trinajstić information content (AvgIpc) is 2.21. The lowest BCUT2D eigenvalue weighted by Crippen LogP contribution is -2.30. The quantitative estimate of drug-likeness (QED) is 0.853. The number of hydrogen-bond donors (Lipinski definition) is 2. The first-order valence-electron chi connectivity index (χ1n) is 4.38. The van der Waals surface area contributed by atoms with Crippen molar-refractivity contribution in [3.05, 3.63) is 34.3 Å². The van der Waals surface area contributed by atoms with Crippen molar-refractivity contribution < 1.29 is 4.79 Å². The molecule has 0 unspecified atom stereocenters. The summed E-state index contributed by atoms with van der Waals surface area (Å²) in [5, 5.41) is 5.60. The van der Waals surface area contributed by atoms with Gasteiger partial charge in [-0.05, 0) is 17.7 Å². The maximum Gasteiger partial charge on any atom is 0.233 e. The molecule has 1 rings (SSSR count). The van der Waals surface area contributed by atoms with Gasteiger partial charge in [0.05, 0.1) is 6.54 Å². The minimum Gasteiger partial charge on any atom is -0.358 e. The second-order valence-corrected chi connectivity index (χ2v) is 3.82. The van der Waals surface area contributed by atoms with Crippen LogP contribution < -0.4 is 10.6 Å². The largest absolute Gasteiger partial charge is 0.358 e. The van der Waals surface area contributed by atoms with Crippen molar-refractivity contribution in [1.29, 1.82) is 0 Å². The molecule has 0 saturated carbocycles. The first kappa shape index (κ1) is 11.2. The van der Waals surface area contributed by atoms with E-state index in [4.69, 9.17) is 0 Å². The van der Waals surface area contributed by atoms with Gasteiger partial charge >= 0.3 is 0 Å². The summed E-state index contributed by atoms with van der Waals surface area (Å²) in [5.74, 6) is 0.00196. The maximum absolute atomic E-state index is 10.9. The van der Waals surface area contributed by atoms with Crippen molar-refractivity contribution >= 4 is 21.8 Å². The van der Waals surface area contributed by atoms with E-state index in [9.17, 15) is 4.79 Å². The Balaban J connectivity index is 2.31. The third-order valence-electron chi connectivity index (χ3n) is 1.81.